The van der Waals surface area contributed by atoms with E-state index in [9.17, 15) is 13.2 Å². The third kappa shape index (κ3) is 2.96. The minimum Gasteiger partial charge on any atom is -0.370 e. The Hall–Kier alpha value is -1.15. The molecule has 0 aliphatic heterocycles. The number of hydrogen-bond donors (Lipinski definition) is 1. The summed E-state index contributed by atoms with van der Waals surface area (Å²) < 4.78 is 44.9. The normalized spacial score (nSPS) is 12.0. The van der Waals surface area contributed by atoms with E-state index < -0.39 is 12.0 Å². The molecule has 0 bridgehead atoms. The molecular formula is C6H8F3N3O2. The Bertz CT molecular complexity index is 286. The van der Waals surface area contributed by atoms with Crippen molar-refractivity contribution in [2.75, 3.05) is 13.2 Å². The molecule has 0 fully saturated rings. The smallest absolute Gasteiger partial charge is 0.370 e. The molecular weight excluding hydrogens is 203 g/mol. The molecule has 8 heteroatoms. The first kappa shape index (κ1) is 10.9. The fourth-order valence-electron chi connectivity index (χ4n) is 0.671. The summed E-state index contributed by atoms with van der Waals surface area (Å²) >= 11 is 0. The van der Waals surface area contributed by atoms with E-state index in [4.69, 9.17) is 10.5 Å². The number of nitrogens with zero attached hydrogens (tertiary/aromatic N) is 2. The first-order chi connectivity index (χ1) is 6.54. The van der Waals surface area contributed by atoms with Gasteiger partial charge in [0.1, 0.15) is 6.61 Å². The van der Waals surface area contributed by atoms with Crippen molar-refractivity contribution < 1.29 is 22.4 Å². The highest BCUT2D eigenvalue weighted by Crippen LogP contribution is 2.26. The molecule has 0 radical (unpaired) electrons. The van der Waals surface area contributed by atoms with E-state index in [1.807, 2.05) is 0 Å². The van der Waals surface area contributed by atoms with Crippen molar-refractivity contribution in [1.29, 1.82) is 0 Å². The van der Waals surface area contributed by atoms with Crippen molar-refractivity contribution in [1.82, 2.24) is 10.1 Å². The summed E-state index contributed by atoms with van der Waals surface area (Å²) in [6, 6.07) is 0. The number of halogens is 3. The third-order valence-corrected chi connectivity index (χ3v) is 1.21. The van der Waals surface area contributed by atoms with Gasteiger partial charge in [-0.3, -0.25) is 0 Å². The molecule has 0 saturated carbocycles. The van der Waals surface area contributed by atoms with E-state index in [-0.39, 0.29) is 25.6 Å². The van der Waals surface area contributed by atoms with Crippen molar-refractivity contribution in [3.05, 3.63) is 11.7 Å². The highest BCUT2D eigenvalue weighted by Gasteiger charge is 2.37. The highest BCUT2D eigenvalue weighted by atomic mass is 19.4. The molecule has 0 atom stereocenters. The lowest BCUT2D eigenvalue weighted by Gasteiger charge is -1.97. The van der Waals surface area contributed by atoms with Gasteiger partial charge in [-0.1, -0.05) is 5.16 Å². The van der Waals surface area contributed by atoms with Crippen LogP contribution in [0, 0.1) is 0 Å². The molecule has 0 amide bonds. The third-order valence-electron chi connectivity index (χ3n) is 1.21. The fraction of sp³-hybridized carbons (Fsp3) is 0.667. The van der Waals surface area contributed by atoms with Crippen LogP contribution >= 0.6 is 0 Å². The Morgan fingerprint density at radius 1 is 1.43 bits per heavy atom. The zero-order chi connectivity index (χ0) is 10.6. The Morgan fingerprint density at radius 3 is 2.64 bits per heavy atom. The summed E-state index contributed by atoms with van der Waals surface area (Å²) in [6.07, 6.45) is -4.59. The van der Waals surface area contributed by atoms with Gasteiger partial charge in [-0.2, -0.15) is 18.2 Å². The van der Waals surface area contributed by atoms with Crippen LogP contribution in [0.3, 0.4) is 0 Å². The molecule has 80 valence electrons. The van der Waals surface area contributed by atoms with E-state index in [1.54, 1.807) is 0 Å². The number of aromatic nitrogens is 2. The van der Waals surface area contributed by atoms with Crippen molar-refractivity contribution >= 4 is 0 Å². The minimum absolute atomic E-state index is 0.166. The Morgan fingerprint density at radius 2 is 2.14 bits per heavy atom. The molecule has 1 aromatic heterocycles. The number of nitrogens with two attached hydrogens (primary N) is 1. The minimum atomic E-state index is -4.59. The summed E-state index contributed by atoms with van der Waals surface area (Å²) in [5, 5.41) is 2.74. The standard InChI is InChI=1S/C6H8F3N3O2/c7-6(8,9)5-11-4(14-12-5)3-13-2-1-10/h1-3,10H2. The SMILES string of the molecule is NCCOCc1nc(C(F)(F)F)no1. The van der Waals surface area contributed by atoms with Crippen molar-refractivity contribution in [3.63, 3.8) is 0 Å². The van der Waals surface area contributed by atoms with Crippen LogP contribution in [-0.2, 0) is 17.5 Å². The van der Waals surface area contributed by atoms with Crippen LogP contribution in [0.4, 0.5) is 13.2 Å². The molecule has 0 spiro atoms. The summed E-state index contributed by atoms with van der Waals surface area (Å²) in [4.78, 5) is 3.08. The number of hydrogen-bond acceptors (Lipinski definition) is 5. The van der Waals surface area contributed by atoms with Gasteiger partial charge in [0.25, 0.3) is 11.7 Å². The highest BCUT2D eigenvalue weighted by molar-refractivity contribution is 4.89. The lowest BCUT2D eigenvalue weighted by Crippen LogP contribution is -2.09. The molecule has 0 aromatic carbocycles. The van der Waals surface area contributed by atoms with Gasteiger partial charge in [0.15, 0.2) is 0 Å². The number of rotatable bonds is 4. The maximum absolute atomic E-state index is 11.9. The molecule has 5 nitrogen and oxygen atoms in total. The van der Waals surface area contributed by atoms with Crippen LogP contribution in [-0.4, -0.2) is 23.3 Å². The summed E-state index contributed by atoms with van der Waals surface area (Å²) in [7, 11) is 0. The topological polar surface area (TPSA) is 74.2 Å². The zero-order valence-corrected chi connectivity index (χ0v) is 7.04. The monoisotopic (exact) mass is 211 g/mol. The summed E-state index contributed by atoms with van der Waals surface area (Å²) in [6.45, 7) is 0.338. The molecule has 1 aromatic rings. The number of ether oxygens (including phenoxy) is 1. The molecule has 0 saturated heterocycles. The maximum atomic E-state index is 11.9. The average molecular weight is 211 g/mol. The molecule has 1 rings (SSSR count). The first-order valence-electron chi connectivity index (χ1n) is 3.71. The van der Waals surface area contributed by atoms with E-state index >= 15 is 0 Å². The van der Waals surface area contributed by atoms with Crippen molar-refractivity contribution in [3.8, 4) is 0 Å². The molecule has 0 unspecified atom stereocenters. The van der Waals surface area contributed by atoms with Gasteiger partial charge in [0.05, 0.1) is 6.61 Å². The van der Waals surface area contributed by atoms with Crippen LogP contribution in [0.5, 0.6) is 0 Å². The van der Waals surface area contributed by atoms with Gasteiger partial charge in [0, 0.05) is 6.54 Å². The van der Waals surface area contributed by atoms with Gasteiger partial charge in [-0.25, -0.2) is 0 Å². The van der Waals surface area contributed by atoms with E-state index in [0.29, 0.717) is 0 Å². The largest absolute Gasteiger partial charge is 0.455 e. The predicted molar refractivity (Wildman–Crippen MR) is 38.0 cm³/mol. The fourth-order valence-corrected chi connectivity index (χ4v) is 0.671. The summed E-state index contributed by atoms with van der Waals surface area (Å²) in [5.74, 6) is -1.52. The van der Waals surface area contributed by atoms with Crippen LogP contribution < -0.4 is 5.73 Å². The van der Waals surface area contributed by atoms with Crippen molar-refractivity contribution in [2.24, 2.45) is 5.73 Å². The molecule has 14 heavy (non-hydrogen) atoms. The predicted octanol–water partition coefficient (Wildman–Crippen LogP) is 0.564. The number of alkyl halides is 3. The van der Waals surface area contributed by atoms with Crippen LogP contribution in [0.25, 0.3) is 0 Å². The lowest BCUT2D eigenvalue weighted by atomic mass is 10.6. The van der Waals surface area contributed by atoms with Crippen molar-refractivity contribution in [2.45, 2.75) is 12.8 Å². The van der Waals surface area contributed by atoms with Gasteiger partial charge >= 0.3 is 6.18 Å². The van der Waals surface area contributed by atoms with Gasteiger partial charge in [0.2, 0.25) is 0 Å². The van der Waals surface area contributed by atoms with Gasteiger partial charge in [-0.05, 0) is 0 Å². The van der Waals surface area contributed by atoms with Crippen LogP contribution in [0.2, 0.25) is 0 Å². The Balaban J connectivity index is 2.51. The Kier molecular flexibility index (Phi) is 3.42. The molecule has 1 heterocycles. The second-order valence-corrected chi connectivity index (χ2v) is 2.35. The molecule has 0 aliphatic rings. The maximum Gasteiger partial charge on any atom is 0.455 e. The van der Waals surface area contributed by atoms with Gasteiger partial charge in [-0.15, -0.1) is 0 Å². The van der Waals surface area contributed by atoms with E-state index in [0.717, 1.165) is 0 Å². The second-order valence-electron chi connectivity index (χ2n) is 2.35. The zero-order valence-electron chi connectivity index (χ0n) is 7.04. The van der Waals surface area contributed by atoms with Gasteiger partial charge < -0.3 is 15.0 Å². The van der Waals surface area contributed by atoms with E-state index in [1.165, 1.54) is 0 Å². The molecule has 0 aliphatic carbocycles. The second kappa shape index (κ2) is 4.38. The first-order valence-corrected chi connectivity index (χ1v) is 3.71. The van der Waals surface area contributed by atoms with E-state index in [2.05, 4.69) is 14.7 Å². The summed E-state index contributed by atoms with van der Waals surface area (Å²) in [5.41, 5.74) is 5.10. The Labute approximate surface area is 77.0 Å². The van der Waals surface area contributed by atoms with Crippen LogP contribution in [0.1, 0.15) is 11.7 Å². The average Bonchev–Trinajstić information content (AvgIpc) is 2.52. The molecule has 2 N–H and O–H groups in total. The van der Waals surface area contributed by atoms with Crippen LogP contribution in [0.15, 0.2) is 4.52 Å². The lowest BCUT2D eigenvalue weighted by molar-refractivity contribution is -0.146. The quantitative estimate of drug-likeness (QED) is 0.736.